The standard InChI is InChI=1S/C14H18F2O4/c1-14(2,13(17)18)7-8-5-10(19-3)11(20-4)6-9(8)12(15)16/h5-6,12H,7H2,1-4H3,(H,17,18). The topological polar surface area (TPSA) is 55.8 Å². The van der Waals surface area contributed by atoms with Crippen molar-refractivity contribution in [3.05, 3.63) is 23.3 Å². The first-order valence-electron chi connectivity index (χ1n) is 5.99. The summed E-state index contributed by atoms with van der Waals surface area (Å²) in [4.78, 5) is 11.1. The molecule has 0 fully saturated rings. The van der Waals surface area contributed by atoms with E-state index in [1.54, 1.807) is 0 Å². The lowest BCUT2D eigenvalue weighted by atomic mass is 9.84. The number of aliphatic carboxylic acids is 1. The van der Waals surface area contributed by atoms with Crippen molar-refractivity contribution in [2.75, 3.05) is 14.2 Å². The Bertz CT molecular complexity index is 498. The fraction of sp³-hybridized carbons (Fsp3) is 0.500. The summed E-state index contributed by atoms with van der Waals surface area (Å²) in [6, 6.07) is 2.60. The van der Waals surface area contributed by atoms with Gasteiger partial charge in [-0.3, -0.25) is 4.79 Å². The van der Waals surface area contributed by atoms with E-state index in [1.165, 1.54) is 40.2 Å². The molecule has 0 aromatic heterocycles. The molecule has 6 heteroatoms. The molecule has 1 aromatic carbocycles. The molecule has 0 aliphatic rings. The second-order valence-corrected chi connectivity index (χ2v) is 5.07. The summed E-state index contributed by atoms with van der Waals surface area (Å²) in [5.41, 5.74) is -1.15. The van der Waals surface area contributed by atoms with Crippen molar-refractivity contribution in [2.24, 2.45) is 5.41 Å². The first-order valence-corrected chi connectivity index (χ1v) is 5.99. The summed E-state index contributed by atoms with van der Waals surface area (Å²) < 4.78 is 36.3. The third kappa shape index (κ3) is 3.37. The Balaban J connectivity index is 3.33. The molecule has 0 atom stereocenters. The van der Waals surface area contributed by atoms with E-state index in [4.69, 9.17) is 14.6 Å². The zero-order valence-corrected chi connectivity index (χ0v) is 11.9. The second kappa shape index (κ2) is 6.07. The molecule has 112 valence electrons. The number of rotatable bonds is 6. The van der Waals surface area contributed by atoms with E-state index in [0.717, 1.165) is 0 Å². The quantitative estimate of drug-likeness (QED) is 0.872. The lowest BCUT2D eigenvalue weighted by molar-refractivity contribution is -0.146. The molecular formula is C14H18F2O4. The van der Waals surface area contributed by atoms with E-state index in [1.807, 2.05) is 0 Å². The van der Waals surface area contributed by atoms with Crippen LogP contribution in [0.3, 0.4) is 0 Å². The largest absolute Gasteiger partial charge is 0.493 e. The summed E-state index contributed by atoms with van der Waals surface area (Å²) in [6.45, 7) is 2.97. The number of ether oxygens (including phenoxy) is 2. The highest BCUT2D eigenvalue weighted by molar-refractivity contribution is 5.74. The van der Waals surface area contributed by atoms with Crippen LogP contribution in [0.1, 0.15) is 31.4 Å². The summed E-state index contributed by atoms with van der Waals surface area (Å²) in [7, 11) is 2.75. The number of halogens is 2. The maximum absolute atomic E-state index is 13.1. The van der Waals surface area contributed by atoms with Gasteiger partial charge in [0.15, 0.2) is 11.5 Å². The van der Waals surface area contributed by atoms with Gasteiger partial charge in [-0.25, -0.2) is 8.78 Å². The van der Waals surface area contributed by atoms with Crippen LogP contribution in [0.25, 0.3) is 0 Å². The van der Waals surface area contributed by atoms with Crippen LogP contribution >= 0.6 is 0 Å². The lowest BCUT2D eigenvalue weighted by Gasteiger charge is -2.22. The molecule has 20 heavy (non-hydrogen) atoms. The minimum absolute atomic E-state index is 0.0254. The van der Waals surface area contributed by atoms with Crippen LogP contribution in [0.2, 0.25) is 0 Å². The van der Waals surface area contributed by atoms with Gasteiger partial charge < -0.3 is 14.6 Å². The summed E-state index contributed by atoms with van der Waals surface area (Å²) >= 11 is 0. The van der Waals surface area contributed by atoms with Crippen molar-refractivity contribution in [3.8, 4) is 11.5 Å². The molecule has 1 N–H and O–H groups in total. The maximum atomic E-state index is 13.1. The Labute approximate surface area is 116 Å². The smallest absolute Gasteiger partial charge is 0.309 e. The molecule has 0 bridgehead atoms. The lowest BCUT2D eigenvalue weighted by Crippen LogP contribution is -2.26. The van der Waals surface area contributed by atoms with Crippen molar-refractivity contribution in [1.29, 1.82) is 0 Å². The average Bonchev–Trinajstić information content (AvgIpc) is 2.37. The summed E-state index contributed by atoms with van der Waals surface area (Å²) in [6.07, 6.45) is -2.74. The monoisotopic (exact) mass is 288 g/mol. The average molecular weight is 288 g/mol. The van der Waals surface area contributed by atoms with Crippen molar-refractivity contribution in [2.45, 2.75) is 26.7 Å². The predicted molar refractivity (Wildman–Crippen MR) is 69.6 cm³/mol. The fourth-order valence-electron chi connectivity index (χ4n) is 1.84. The van der Waals surface area contributed by atoms with Crippen molar-refractivity contribution in [1.82, 2.24) is 0 Å². The van der Waals surface area contributed by atoms with Crippen LogP contribution in [0.4, 0.5) is 8.78 Å². The zero-order chi connectivity index (χ0) is 15.5. The second-order valence-electron chi connectivity index (χ2n) is 5.07. The van der Waals surface area contributed by atoms with Gasteiger partial charge in [-0.1, -0.05) is 0 Å². The molecule has 0 aliphatic heterocycles. The molecular weight excluding hydrogens is 270 g/mol. The van der Waals surface area contributed by atoms with Gasteiger partial charge in [0.2, 0.25) is 0 Å². The van der Waals surface area contributed by atoms with Crippen molar-refractivity contribution < 1.29 is 28.2 Å². The molecule has 4 nitrogen and oxygen atoms in total. The van der Waals surface area contributed by atoms with Gasteiger partial charge >= 0.3 is 5.97 Å². The zero-order valence-electron chi connectivity index (χ0n) is 11.9. The SMILES string of the molecule is COc1cc(CC(C)(C)C(=O)O)c(C(F)F)cc1OC. The first-order chi connectivity index (χ1) is 9.22. The Morgan fingerprint density at radius 1 is 1.25 bits per heavy atom. The number of hydrogen-bond acceptors (Lipinski definition) is 3. The van der Waals surface area contributed by atoms with Gasteiger partial charge in [-0.15, -0.1) is 0 Å². The van der Waals surface area contributed by atoms with E-state index >= 15 is 0 Å². The first kappa shape index (κ1) is 16.2. The molecule has 0 saturated carbocycles. The van der Waals surface area contributed by atoms with Gasteiger partial charge in [-0.2, -0.15) is 0 Å². The van der Waals surface area contributed by atoms with Crippen LogP contribution in [0.5, 0.6) is 11.5 Å². The molecule has 0 radical (unpaired) electrons. The third-order valence-electron chi connectivity index (χ3n) is 3.09. The number of carboxylic acid groups (broad SMARTS) is 1. The van der Waals surface area contributed by atoms with Crippen LogP contribution < -0.4 is 9.47 Å². The highest BCUT2D eigenvalue weighted by Gasteiger charge is 2.30. The number of alkyl halides is 2. The van der Waals surface area contributed by atoms with Gasteiger partial charge in [0.1, 0.15) is 0 Å². The Morgan fingerprint density at radius 2 is 1.75 bits per heavy atom. The molecule has 0 heterocycles. The van der Waals surface area contributed by atoms with Crippen LogP contribution in [-0.2, 0) is 11.2 Å². The van der Waals surface area contributed by atoms with E-state index < -0.39 is 17.8 Å². The number of carboxylic acids is 1. The third-order valence-corrected chi connectivity index (χ3v) is 3.09. The van der Waals surface area contributed by atoms with Gasteiger partial charge in [0.05, 0.1) is 19.6 Å². The van der Waals surface area contributed by atoms with Gasteiger partial charge in [0, 0.05) is 5.56 Å². The summed E-state index contributed by atoms with van der Waals surface area (Å²) in [5, 5.41) is 9.12. The minimum atomic E-state index is -2.71. The number of methoxy groups -OCH3 is 2. The van der Waals surface area contributed by atoms with Crippen LogP contribution in [0.15, 0.2) is 12.1 Å². The highest BCUT2D eigenvalue weighted by Crippen LogP contribution is 2.37. The Morgan fingerprint density at radius 3 is 2.15 bits per heavy atom. The van der Waals surface area contributed by atoms with Crippen LogP contribution in [0, 0.1) is 5.41 Å². The number of benzene rings is 1. The van der Waals surface area contributed by atoms with Crippen molar-refractivity contribution >= 4 is 5.97 Å². The number of carbonyl (C=O) groups is 1. The Kier molecular flexibility index (Phi) is 4.92. The summed E-state index contributed by atoms with van der Waals surface area (Å²) in [5.74, 6) is -0.555. The predicted octanol–water partition coefficient (Wildman–Crippen LogP) is 3.29. The van der Waals surface area contributed by atoms with E-state index in [2.05, 4.69) is 0 Å². The number of hydrogen-bond donors (Lipinski definition) is 1. The molecule has 0 aliphatic carbocycles. The van der Waals surface area contributed by atoms with Crippen LogP contribution in [-0.4, -0.2) is 25.3 Å². The Hall–Kier alpha value is -1.85. The molecule has 0 unspecified atom stereocenters. The fourth-order valence-corrected chi connectivity index (χ4v) is 1.84. The van der Waals surface area contributed by atoms with Gasteiger partial charge in [-0.05, 0) is 38.0 Å². The molecule has 0 amide bonds. The molecule has 1 aromatic rings. The molecule has 0 spiro atoms. The van der Waals surface area contributed by atoms with E-state index in [-0.39, 0.29) is 23.3 Å². The normalized spacial score (nSPS) is 11.6. The van der Waals surface area contributed by atoms with E-state index in [9.17, 15) is 13.6 Å². The van der Waals surface area contributed by atoms with Crippen molar-refractivity contribution in [3.63, 3.8) is 0 Å². The highest BCUT2D eigenvalue weighted by atomic mass is 19.3. The maximum Gasteiger partial charge on any atom is 0.309 e. The molecule has 1 rings (SSSR count). The van der Waals surface area contributed by atoms with E-state index in [0.29, 0.717) is 5.75 Å². The molecule has 0 saturated heterocycles. The minimum Gasteiger partial charge on any atom is -0.493 e. The van der Waals surface area contributed by atoms with Gasteiger partial charge in [0.25, 0.3) is 6.43 Å².